The molecule has 1 fully saturated rings. The van der Waals surface area contributed by atoms with E-state index in [0.717, 1.165) is 30.8 Å². The minimum Gasteiger partial charge on any atom is -0.338 e. The maximum absolute atomic E-state index is 12.8. The van der Waals surface area contributed by atoms with Crippen LogP contribution in [-0.4, -0.2) is 38.7 Å². The highest BCUT2D eigenvalue weighted by molar-refractivity contribution is 5.94. The first-order valence-corrected chi connectivity index (χ1v) is 9.03. The van der Waals surface area contributed by atoms with Crippen LogP contribution in [0.15, 0.2) is 54.9 Å². The fourth-order valence-electron chi connectivity index (χ4n) is 4.51. The highest BCUT2D eigenvalue weighted by atomic mass is 16.2. The molecule has 130 valence electrons. The summed E-state index contributed by atoms with van der Waals surface area (Å²) in [6.45, 7) is 1.57. The standard InChI is InChI=1S/C21H20N4O/c1-24-18-10-16-12-25(21(26)15-8-5-9-22-11-15)13-17(16)19(18)20(23-24)14-6-3-2-4-7-14/h2-9,11,16-17H,10,12-13H2,1H3/t16-,17+/m1/s1. The van der Waals surface area contributed by atoms with Crippen molar-refractivity contribution in [3.8, 4) is 11.3 Å². The molecule has 5 heteroatoms. The van der Waals surface area contributed by atoms with Crippen LogP contribution in [0.1, 0.15) is 27.5 Å². The average Bonchev–Trinajstić information content (AvgIpc) is 3.33. The number of benzene rings is 1. The van der Waals surface area contributed by atoms with Gasteiger partial charge in [-0.1, -0.05) is 30.3 Å². The molecule has 0 unspecified atom stereocenters. The van der Waals surface area contributed by atoms with Crippen molar-refractivity contribution in [3.05, 3.63) is 71.7 Å². The Morgan fingerprint density at radius 3 is 2.73 bits per heavy atom. The number of hydrogen-bond donors (Lipinski definition) is 0. The van der Waals surface area contributed by atoms with Crippen LogP contribution in [0, 0.1) is 5.92 Å². The Kier molecular flexibility index (Phi) is 3.42. The lowest BCUT2D eigenvalue weighted by molar-refractivity contribution is 0.0784. The van der Waals surface area contributed by atoms with Gasteiger partial charge in [0, 0.05) is 55.3 Å². The number of aryl methyl sites for hydroxylation is 1. The smallest absolute Gasteiger partial charge is 0.255 e. The van der Waals surface area contributed by atoms with Gasteiger partial charge in [0.25, 0.3) is 5.91 Å². The largest absolute Gasteiger partial charge is 0.338 e. The number of nitrogens with zero attached hydrogens (tertiary/aromatic N) is 4. The van der Waals surface area contributed by atoms with Crippen LogP contribution in [0.5, 0.6) is 0 Å². The van der Waals surface area contributed by atoms with Crippen LogP contribution in [0.4, 0.5) is 0 Å². The molecule has 0 bridgehead atoms. The summed E-state index contributed by atoms with van der Waals surface area (Å²) >= 11 is 0. The molecule has 1 aliphatic heterocycles. The van der Waals surface area contributed by atoms with E-state index < -0.39 is 0 Å². The van der Waals surface area contributed by atoms with E-state index in [4.69, 9.17) is 5.10 Å². The number of rotatable bonds is 2. The van der Waals surface area contributed by atoms with Gasteiger partial charge in [-0.25, -0.2) is 0 Å². The van der Waals surface area contributed by atoms with Gasteiger partial charge < -0.3 is 4.90 Å². The molecule has 2 atom stereocenters. The van der Waals surface area contributed by atoms with Gasteiger partial charge in [0.1, 0.15) is 0 Å². The number of carbonyl (C=O) groups is 1. The molecule has 0 N–H and O–H groups in total. The summed E-state index contributed by atoms with van der Waals surface area (Å²) in [4.78, 5) is 18.9. The van der Waals surface area contributed by atoms with Crippen molar-refractivity contribution in [3.63, 3.8) is 0 Å². The third kappa shape index (κ3) is 2.27. The second kappa shape index (κ2) is 5.80. The van der Waals surface area contributed by atoms with Crippen LogP contribution < -0.4 is 0 Å². The van der Waals surface area contributed by atoms with Gasteiger partial charge in [0.05, 0.1) is 11.3 Å². The number of fused-ring (bicyclic) bond motifs is 3. The quantitative estimate of drug-likeness (QED) is 0.718. The number of hydrogen-bond acceptors (Lipinski definition) is 3. The normalized spacial score (nSPS) is 20.9. The molecule has 5 rings (SSSR count). The van der Waals surface area contributed by atoms with E-state index in [9.17, 15) is 4.79 Å². The minimum absolute atomic E-state index is 0.0826. The number of likely N-dealkylation sites (tertiary alicyclic amines) is 1. The van der Waals surface area contributed by atoms with Crippen LogP contribution in [0.3, 0.4) is 0 Å². The highest BCUT2D eigenvalue weighted by Crippen LogP contribution is 2.47. The maximum Gasteiger partial charge on any atom is 0.255 e. The Morgan fingerprint density at radius 1 is 1.12 bits per heavy atom. The van der Waals surface area contributed by atoms with Crippen molar-refractivity contribution in [1.82, 2.24) is 19.7 Å². The zero-order valence-corrected chi connectivity index (χ0v) is 14.7. The zero-order valence-electron chi connectivity index (χ0n) is 14.7. The maximum atomic E-state index is 12.8. The summed E-state index contributed by atoms with van der Waals surface area (Å²) in [5.41, 5.74) is 5.56. The van der Waals surface area contributed by atoms with Gasteiger partial charge in [-0.05, 0) is 24.5 Å². The summed E-state index contributed by atoms with van der Waals surface area (Å²) in [6, 6.07) is 14.0. The Hall–Kier alpha value is -2.95. The van der Waals surface area contributed by atoms with Crippen molar-refractivity contribution in [2.24, 2.45) is 13.0 Å². The van der Waals surface area contributed by atoms with E-state index in [-0.39, 0.29) is 5.91 Å². The van der Waals surface area contributed by atoms with E-state index in [0.29, 0.717) is 17.4 Å². The van der Waals surface area contributed by atoms with E-state index >= 15 is 0 Å². The number of aromatic nitrogens is 3. The van der Waals surface area contributed by atoms with Crippen LogP contribution >= 0.6 is 0 Å². The summed E-state index contributed by atoms with van der Waals surface area (Å²) in [5, 5.41) is 4.79. The van der Waals surface area contributed by atoms with Crippen molar-refractivity contribution in [2.45, 2.75) is 12.3 Å². The third-order valence-corrected chi connectivity index (χ3v) is 5.72. The number of carbonyl (C=O) groups excluding carboxylic acids is 1. The van der Waals surface area contributed by atoms with Gasteiger partial charge >= 0.3 is 0 Å². The van der Waals surface area contributed by atoms with Crippen molar-refractivity contribution < 1.29 is 4.79 Å². The predicted molar refractivity (Wildman–Crippen MR) is 98.7 cm³/mol. The number of pyridine rings is 1. The SMILES string of the molecule is Cn1nc(-c2ccccc2)c2c1C[C@@H]1CN(C(=O)c3cccnc3)C[C@H]21. The summed E-state index contributed by atoms with van der Waals surface area (Å²) in [5.74, 6) is 0.936. The zero-order chi connectivity index (χ0) is 17.7. The lowest BCUT2D eigenvalue weighted by atomic mass is 9.94. The fraction of sp³-hybridized carbons (Fsp3) is 0.286. The molecule has 3 aromatic rings. The monoisotopic (exact) mass is 344 g/mol. The first-order chi connectivity index (χ1) is 12.7. The predicted octanol–water partition coefficient (Wildman–Crippen LogP) is 2.89. The molecule has 3 heterocycles. The molecular formula is C21H20N4O. The van der Waals surface area contributed by atoms with Crippen LogP contribution in [0.25, 0.3) is 11.3 Å². The van der Waals surface area contributed by atoms with Crippen molar-refractivity contribution in [2.75, 3.05) is 13.1 Å². The van der Waals surface area contributed by atoms with Gasteiger partial charge in [-0.2, -0.15) is 5.10 Å². The number of amides is 1. The van der Waals surface area contributed by atoms with Gasteiger partial charge in [-0.15, -0.1) is 0 Å². The second-order valence-electron chi connectivity index (χ2n) is 7.22. The molecule has 1 amide bonds. The molecule has 1 aromatic carbocycles. The van der Waals surface area contributed by atoms with Gasteiger partial charge in [0.15, 0.2) is 0 Å². The minimum atomic E-state index is 0.0826. The molecule has 2 aromatic heterocycles. The molecule has 0 spiro atoms. The van der Waals surface area contributed by atoms with E-state index in [1.165, 1.54) is 11.3 Å². The summed E-state index contributed by atoms with van der Waals surface area (Å²) < 4.78 is 2.03. The average molecular weight is 344 g/mol. The molecular weight excluding hydrogens is 324 g/mol. The van der Waals surface area contributed by atoms with E-state index in [2.05, 4.69) is 29.2 Å². The first kappa shape index (κ1) is 15.3. The van der Waals surface area contributed by atoms with E-state index in [1.54, 1.807) is 12.4 Å². The lowest BCUT2D eigenvalue weighted by Crippen LogP contribution is -2.29. The molecule has 0 saturated carbocycles. The Labute approximate surface area is 152 Å². The van der Waals surface area contributed by atoms with E-state index in [1.807, 2.05) is 34.8 Å². The molecule has 2 aliphatic rings. The first-order valence-electron chi connectivity index (χ1n) is 9.03. The van der Waals surface area contributed by atoms with Gasteiger partial charge in [-0.3, -0.25) is 14.5 Å². The summed E-state index contributed by atoms with van der Waals surface area (Å²) in [7, 11) is 2.03. The molecule has 26 heavy (non-hydrogen) atoms. The highest BCUT2D eigenvalue weighted by Gasteiger charge is 2.45. The molecule has 0 radical (unpaired) electrons. The van der Waals surface area contributed by atoms with Gasteiger partial charge in [0.2, 0.25) is 0 Å². The van der Waals surface area contributed by atoms with Crippen molar-refractivity contribution >= 4 is 5.91 Å². The lowest BCUT2D eigenvalue weighted by Gasteiger charge is -2.17. The molecule has 5 nitrogen and oxygen atoms in total. The van der Waals surface area contributed by atoms with Crippen LogP contribution in [0.2, 0.25) is 0 Å². The topological polar surface area (TPSA) is 51.0 Å². The van der Waals surface area contributed by atoms with Crippen molar-refractivity contribution in [1.29, 1.82) is 0 Å². The molecule has 1 aliphatic carbocycles. The Balaban J connectivity index is 1.48. The Morgan fingerprint density at radius 2 is 1.96 bits per heavy atom. The Bertz CT molecular complexity index is 964. The summed E-state index contributed by atoms with van der Waals surface area (Å²) in [6.07, 6.45) is 4.35. The third-order valence-electron chi connectivity index (χ3n) is 5.72. The molecule has 1 saturated heterocycles. The second-order valence-corrected chi connectivity index (χ2v) is 7.22. The fourth-order valence-corrected chi connectivity index (χ4v) is 4.51. The van der Waals surface area contributed by atoms with Crippen LogP contribution in [-0.2, 0) is 13.5 Å².